The molecule has 18 heavy (non-hydrogen) atoms. The molecule has 0 bridgehead atoms. The van der Waals surface area contributed by atoms with Crippen molar-refractivity contribution in [2.45, 2.75) is 24.9 Å². The third-order valence-electron chi connectivity index (χ3n) is 2.92. The molecule has 2 aliphatic rings. The van der Waals surface area contributed by atoms with Crippen molar-refractivity contribution >= 4 is 27.8 Å². The van der Waals surface area contributed by atoms with Gasteiger partial charge in [-0.15, -0.1) is 0 Å². The molecule has 1 unspecified atom stereocenters. The van der Waals surface area contributed by atoms with Gasteiger partial charge in [0.2, 0.25) is 0 Å². The van der Waals surface area contributed by atoms with E-state index in [0.29, 0.717) is 22.0 Å². The molecule has 0 spiro atoms. The highest BCUT2D eigenvalue weighted by Crippen LogP contribution is 2.27. The molecule has 1 fully saturated rings. The lowest BCUT2D eigenvalue weighted by molar-refractivity contribution is -0.120. The van der Waals surface area contributed by atoms with Crippen LogP contribution in [0.5, 0.6) is 0 Å². The summed E-state index contributed by atoms with van der Waals surface area (Å²) < 4.78 is 14.4. The second-order valence-electron chi connectivity index (χ2n) is 4.45. The maximum Gasteiger partial charge on any atom is 0.256 e. The molecule has 0 aromatic heterocycles. The van der Waals surface area contributed by atoms with E-state index in [4.69, 9.17) is 0 Å². The number of aliphatic imine (C=N–C) groups is 1. The average molecular weight is 312 g/mol. The Morgan fingerprint density at radius 2 is 2.22 bits per heavy atom. The smallest absolute Gasteiger partial charge is 0.256 e. The minimum atomic E-state index is -0.792. The minimum absolute atomic E-state index is 0.292. The fourth-order valence-corrected chi connectivity index (χ4v) is 2.17. The molecule has 1 amide bonds. The molecule has 0 saturated heterocycles. The van der Waals surface area contributed by atoms with Gasteiger partial charge in [0.15, 0.2) is 12.0 Å². The van der Waals surface area contributed by atoms with Gasteiger partial charge in [-0.05, 0) is 25.0 Å². The van der Waals surface area contributed by atoms with Crippen LogP contribution >= 0.6 is 15.9 Å². The Bertz CT molecular complexity index is 542. The number of amides is 1. The fraction of sp³-hybridized carbons (Fsp3) is 0.333. The number of rotatable bonds is 2. The van der Waals surface area contributed by atoms with E-state index in [1.807, 2.05) is 0 Å². The Hall–Kier alpha value is -1.43. The number of nitrogens with zero attached hydrogens (tertiary/aromatic N) is 1. The normalized spacial score (nSPS) is 22.7. The van der Waals surface area contributed by atoms with E-state index in [1.54, 1.807) is 12.1 Å². The molecule has 1 saturated carbocycles. The molecule has 1 aliphatic carbocycles. The first-order valence-corrected chi connectivity index (χ1v) is 6.53. The van der Waals surface area contributed by atoms with Crippen molar-refractivity contribution in [2.24, 2.45) is 4.99 Å². The molecule has 94 valence electrons. The molecule has 4 nitrogen and oxygen atoms in total. The Kier molecular flexibility index (Phi) is 2.81. The molecule has 0 radical (unpaired) electrons. The van der Waals surface area contributed by atoms with Gasteiger partial charge in [0.25, 0.3) is 5.91 Å². The van der Waals surface area contributed by atoms with Crippen LogP contribution in [0.15, 0.2) is 27.7 Å². The van der Waals surface area contributed by atoms with Crippen LogP contribution < -0.4 is 10.6 Å². The van der Waals surface area contributed by atoms with E-state index in [2.05, 4.69) is 31.6 Å². The Balaban J connectivity index is 1.86. The van der Waals surface area contributed by atoms with E-state index in [1.165, 1.54) is 6.07 Å². The molecule has 1 aromatic rings. The number of guanidine groups is 1. The van der Waals surface area contributed by atoms with E-state index >= 15 is 0 Å². The largest absolute Gasteiger partial charge is 0.353 e. The van der Waals surface area contributed by atoms with Crippen LogP contribution in [0.3, 0.4) is 0 Å². The SMILES string of the molecule is O=C1NC(NC2CC2)=NC1c1ccc(Br)cc1F. The maximum absolute atomic E-state index is 13.8. The van der Waals surface area contributed by atoms with Gasteiger partial charge in [0, 0.05) is 16.1 Å². The predicted octanol–water partition coefficient (Wildman–Crippen LogP) is 1.87. The lowest BCUT2D eigenvalue weighted by Crippen LogP contribution is -2.37. The Labute approximate surface area is 112 Å². The first-order valence-electron chi connectivity index (χ1n) is 5.73. The molecular formula is C12H11BrFN3O. The van der Waals surface area contributed by atoms with Crippen molar-refractivity contribution in [1.29, 1.82) is 0 Å². The number of carbonyl (C=O) groups excluding carboxylic acids is 1. The zero-order valence-electron chi connectivity index (χ0n) is 9.41. The topological polar surface area (TPSA) is 53.5 Å². The molecule has 1 atom stereocenters. The van der Waals surface area contributed by atoms with E-state index in [-0.39, 0.29) is 5.91 Å². The number of benzene rings is 1. The molecule has 1 aromatic carbocycles. The van der Waals surface area contributed by atoms with Gasteiger partial charge in [-0.1, -0.05) is 22.0 Å². The van der Waals surface area contributed by atoms with Crippen molar-refractivity contribution in [3.63, 3.8) is 0 Å². The van der Waals surface area contributed by atoms with Gasteiger partial charge in [0.1, 0.15) is 5.82 Å². The molecule has 1 aliphatic heterocycles. The van der Waals surface area contributed by atoms with E-state index in [9.17, 15) is 9.18 Å². The number of nitrogens with one attached hydrogen (secondary N) is 2. The summed E-state index contributed by atoms with van der Waals surface area (Å²) in [5, 5.41) is 5.74. The quantitative estimate of drug-likeness (QED) is 0.876. The zero-order valence-corrected chi connectivity index (χ0v) is 11.0. The van der Waals surface area contributed by atoms with Gasteiger partial charge in [0.05, 0.1) is 0 Å². The average Bonchev–Trinajstić information content (AvgIpc) is 3.03. The van der Waals surface area contributed by atoms with Crippen molar-refractivity contribution in [3.8, 4) is 0 Å². The van der Waals surface area contributed by atoms with E-state index < -0.39 is 11.9 Å². The van der Waals surface area contributed by atoms with Crippen molar-refractivity contribution in [1.82, 2.24) is 10.6 Å². The van der Waals surface area contributed by atoms with Crippen LogP contribution in [-0.2, 0) is 4.79 Å². The standard InChI is InChI=1S/C12H11BrFN3O/c13-6-1-4-8(9(14)5-6)10-11(18)17-12(16-10)15-7-2-3-7/h1,4-5,7,10H,2-3H2,(H2,15,16,17,18). The number of carbonyl (C=O) groups is 1. The highest BCUT2D eigenvalue weighted by molar-refractivity contribution is 9.10. The van der Waals surface area contributed by atoms with Crippen LogP contribution in [0, 0.1) is 5.82 Å². The van der Waals surface area contributed by atoms with Gasteiger partial charge >= 0.3 is 0 Å². The van der Waals surface area contributed by atoms with Crippen LogP contribution in [0.4, 0.5) is 4.39 Å². The summed E-state index contributed by atoms with van der Waals surface area (Å²) in [6, 6.07) is 4.22. The minimum Gasteiger partial charge on any atom is -0.353 e. The lowest BCUT2D eigenvalue weighted by atomic mass is 10.1. The first kappa shape index (κ1) is 11.6. The van der Waals surface area contributed by atoms with Crippen molar-refractivity contribution in [3.05, 3.63) is 34.1 Å². The van der Waals surface area contributed by atoms with Gasteiger partial charge in [-0.3, -0.25) is 10.1 Å². The summed E-state index contributed by atoms with van der Waals surface area (Å²) in [5.74, 6) is -0.268. The van der Waals surface area contributed by atoms with Crippen molar-refractivity contribution in [2.75, 3.05) is 0 Å². The Morgan fingerprint density at radius 3 is 2.89 bits per heavy atom. The van der Waals surface area contributed by atoms with Crippen molar-refractivity contribution < 1.29 is 9.18 Å². The van der Waals surface area contributed by atoms with Crippen LogP contribution in [0.25, 0.3) is 0 Å². The zero-order chi connectivity index (χ0) is 12.7. The summed E-state index contributed by atoms with van der Waals surface area (Å²) in [5.41, 5.74) is 0.295. The fourth-order valence-electron chi connectivity index (χ4n) is 1.83. The lowest BCUT2D eigenvalue weighted by Gasteiger charge is -2.06. The second-order valence-corrected chi connectivity index (χ2v) is 5.37. The van der Waals surface area contributed by atoms with E-state index in [0.717, 1.165) is 12.8 Å². The van der Waals surface area contributed by atoms with Crippen LogP contribution in [-0.4, -0.2) is 17.9 Å². The molecular weight excluding hydrogens is 301 g/mol. The predicted molar refractivity (Wildman–Crippen MR) is 68.6 cm³/mol. The summed E-state index contributed by atoms with van der Waals surface area (Å²) in [4.78, 5) is 16.0. The summed E-state index contributed by atoms with van der Waals surface area (Å²) in [6.45, 7) is 0. The third-order valence-corrected chi connectivity index (χ3v) is 3.42. The Morgan fingerprint density at radius 1 is 1.44 bits per heavy atom. The highest BCUT2D eigenvalue weighted by atomic mass is 79.9. The van der Waals surface area contributed by atoms with Gasteiger partial charge < -0.3 is 5.32 Å². The first-order chi connectivity index (χ1) is 8.63. The number of hydrogen-bond acceptors (Lipinski definition) is 3. The third kappa shape index (κ3) is 2.25. The molecule has 6 heteroatoms. The summed E-state index contributed by atoms with van der Waals surface area (Å²) in [7, 11) is 0. The molecule has 2 N–H and O–H groups in total. The highest BCUT2D eigenvalue weighted by Gasteiger charge is 2.32. The van der Waals surface area contributed by atoms with Gasteiger partial charge in [-0.2, -0.15) is 0 Å². The number of halogens is 2. The summed E-state index contributed by atoms with van der Waals surface area (Å²) >= 11 is 3.18. The number of hydrogen-bond donors (Lipinski definition) is 2. The van der Waals surface area contributed by atoms with Crippen LogP contribution in [0.1, 0.15) is 24.4 Å². The van der Waals surface area contributed by atoms with Crippen LogP contribution in [0.2, 0.25) is 0 Å². The second kappa shape index (κ2) is 4.35. The van der Waals surface area contributed by atoms with Gasteiger partial charge in [-0.25, -0.2) is 9.38 Å². The maximum atomic E-state index is 13.8. The molecule has 1 heterocycles. The molecule has 3 rings (SSSR count). The summed E-state index contributed by atoms with van der Waals surface area (Å²) in [6.07, 6.45) is 2.18. The monoisotopic (exact) mass is 311 g/mol.